The van der Waals surface area contributed by atoms with Crippen molar-refractivity contribution in [3.63, 3.8) is 0 Å². The third-order valence-corrected chi connectivity index (χ3v) is 4.00. The highest BCUT2D eigenvalue weighted by Gasteiger charge is 2.15. The Morgan fingerprint density at radius 3 is 2.78 bits per heavy atom. The monoisotopic (exact) mass is 265 g/mol. The standard InChI is InChI=1S/C15H23NOS/c1-5-10-17-14-9-7-6-8-13(14)11-16-12-15(2,3)18-4/h5-9,16H,1,10-12H2,2-4H3. The number of rotatable bonds is 8. The van der Waals surface area contributed by atoms with E-state index in [1.54, 1.807) is 6.08 Å². The predicted molar refractivity (Wildman–Crippen MR) is 81.4 cm³/mol. The molecule has 0 bridgehead atoms. The average molecular weight is 265 g/mol. The van der Waals surface area contributed by atoms with Crippen molar-refractivity contribution in [2.45, 2.75) is 25.1 Å². The van der Waals surface area contributed by atoms with E-state index in [1.807, 2.05) is 30.0 Å². The van der Waals surface area contributed by atoms with Crippen LogP contribution >= 0.6 is 11.8 Å². The van der Waals surface area contributed by atoms with Crippen molar-refractivity contribution < 1.29 is 4.74 Å². The van der Waals surface area contributed by atoms with Gasteiger partial charge in [0, 0.05) is 23.4 Å². The molecule has 1 rings (SSSR count). The number of para-hydroxylation sites is 1. The maximum absolute atomic E-state index is 5.63. The number of hydrogen-bond donors (Lipinski definition) is 1. The van der Waals surface area contributed by atoms with E-state index in [2.05, 4.69) is 38.1 Å². The highest BCUT2D eigenvalue weighted by Crippen LogP contribution is 2.21. The number of ether oxygens (including phenoxy) is 1. The normalized spacial score (nSPS) is 11.3. The van der Waals surface area contributed by atoms with E-state index in [0.29, 0.717) is 6.61 Å². The number of thioether (sulfide) groups is 1. The first-order valence-electron chi connectivity index (χ1n) is 6.16. The van der Waals surface area contributed by atoms with Crippen molar-refractivity contribution >= 4 is 11.8 Å². The molecule has 0 aliphatic heterocycles. The minimum absolute atomic E-state index is 0.261. The van der Waals surface area contributed by atoms with Gasteiger partial charge in [-0.15, -0.1) is 0 Å². The summed E-state index contributed by atoms with van der Waals surface area (Å²) in [7, 11) is 0. The van der Waals surface area contributed by atoms with Crippen molar-refractivity contribution in [3.8, 4) is 5.75 Å². The van der Waals surface area contributed by atoms with Crippen LogP contribution in [0, 0.1) is 0 Å². The maximum Gasteiger partial charge on any atom is 0.124 e. The van der Waals surface area contributed by atoms with Gasteiger partial charge in [0.1, 0.15) is 12.4 Å². The van der Waals surface area contributed by atoms with Gasteiger partial charge in [-0.1, -0.05) is 30.9 Å². The Morgan fingerprint density at radius 2 is 2.11 bits per heavy atom. The van der Waals surface area contributed by atoms with Crippen molar-refractivity contribution in [2.75, 3.05) is 19.4 Å². The quantitative estimate of drug-likeness (QED) is 0.727. The third-order valence-electron chi connectivity index (χ3n) is 2.75. The molecule has 0 atom stereocenters. The van der Waals surface area contributed by atoms with Crippen LogP contribution in [0.25, 0.3) is 0 Å². The summed E-state index contributed by atoms with van der Waals surface area (Å²) in [6, 6.07) is 8.13. The Hall–Kier alpha value is -0.930. The molecule has 0 saturated carbocycles. The molecule has 0 fully saturated rings. The lowest BCUT2D eigenvalue weighted by Gasteiger charge is -2.22. The molecule has 0 aliphatic carbocycles. The van der Waals surface area contributed by atoms with Crippen LogP contribution in [0.4, 0.5) is 0 Å². The fourth-order valence-corrected chi connectivity index (χ4v) is 1.76. The van der Waals surface area contributed by atoms with Gasteiger partial charge < -0.3 is 10.1 Å². The van der Waals surface area contributed by atoms with Crippen molar-refractivity contribution in [2.24, 2.45) is 0 Å². The zero-order valence-electron chi connectivity index (χ0n) is 11.5. The van der Waals surface area contributed by atoms with Crippen molar-refractivity contribution in [1.82, 2.24) is 5.32 Å². The lowest BCUT2D eigenvalue weighted by molar-refractivity contribution is 0.357. The summed E-state index contributed by atoms with van der Waals surface area (Å²) >= 11 is 1.87. The molecular weight excluding hydrogens is 242 g/mol. The summed E-state index contributed by atoms with van der Waals surface area (Å²) in [5, 5.41) is 3.48. The van der Waals surface area contributed by atoms with Crippen LogP contribution in [0.5, 0.6) is 5.75 Å². The third kappa shape index (κ3) is 5.15. The number of hydrogen-bond acceptors (Lipinski definition) is 3. The largest absolute Gasteiger partial charge is 0.489 e. The molecule has 0 radical (unpaired) electrons. The molecule has 2 nitrogen and oxygen atoms in total. The predicted octanol–water partition coefficient (Wildman–Crippen LogP) is 3.48. The molecule has 0 unspecified atom stereocenters. The molecule has 0 saturated heterocycles. The van der Waals surface area contributed by atoms with Gasteiger partial charge in [-0.05, 0) is 26.2 Å². The molecule has 100 valence electrons. The van der Waals surface area contributed by atoms with Crippen LogP contribution in [0.15, 0.2) is 36.9 Å². The van der Waals surface area contributed by atoms with Crippen LogP contribution in [-0.4, -0.2) is 24.2 Å². The summed E-state index contributed by atoms with van der Waals surface area (Å²) < 4.78 is 5.89. The van der Waals surface area contributed by atoms with Gasteiger partial charge in [0.15, 0.2) is 0 Å². The molecule has 18 heavy (non-hydrogen) atoms. The lowest BCUT2D eigenvalue weighted by atomic mass is 10.1. The molecule has 0 aromatic heterocycles. The minimum atomic E-state index is 0.261. The fourth-order valence-electron chi connectivity index (χ4n) is 1.51. The van der Waals surface area contributed by atoms with Crippen molar-refractivity contribution in [1.29, 1.82) is 0 Å². The molecule has 0 spiro atoms. The summed E-state index contributed by atoms with van der Waals surface area (Å²) in [4.78, 5) is 0. The molecular formula is C15H23NOS. The van der Waals surface area contributed by atoms with Gasteiger partial charge in [-0.25, -0.2) is 0 Å². The summed E-state index contributed by atoms with van der Waals surface area (Å²) in [6.07, 6.45) is 3.91. The van der Waals surface area contributed by atoms with E-state index in [1.165, 1.54) is 5.56 Å². The van der Waals surface area contributed by atoms with Gasteiger partial charge in [0.25, 0.3) is 0 Å². The zero-order chi connectivity index (χ0) is 13.4. The topological polar surface area (TPSA) is 21.3 Å². The molecule has 1 aromatic carbocycles. The average Bonchev–Trinajstić information content (AvgIpc) is 2.37. The van der Waals surface area contributed by atoms with Gasteiger partial charge in [0.2, 0.25) is 0 Å². The van der Waals surface area contributed by atoms with Crippen LogP contribution in [0.2, 0.25) is 0 Å². The van der Waals surface area contributed by atoms with Gasteiger partial charge >= 0.3 is 0 Å². The fraction of sp³-hybridized carbons (Fsp3) is 0.467. The van der Waals surface area contributed by atoms with E-state index in [4.69, 9.17) is 4.74 Å². The molecule has 0 heterocycles. The molecule has 0 amide bonds. The molecule has 1 aromatic rings. The second-order valence-corrected chi connectivity index (χ2v) is 6.29. The van der Waals surface area contributed by atoms with E-state index in [-0.39, 0.29) is 4.75 Å². The van der Waals surface area contributed by atoms with E-state index < -0.39 is 0 Å². The van der Waals surface area contributed by atoms with Gasteiger partial charge in [-0.2, -0.15) is 11.8 Å². The first kappa shape index (κ1) is 15.1. The summed E-state index contributed by atoms with van der Waals surface area (Å²) in [5.74, 6) is 0.937. The minimum Gasteiger partial charge on any atom is -0.489 e. The second kappa shape index (κ2) is 7.49. The second-order valence-electron chi connectivity index (χ2n) is 4.77. The first-order valence-corrected chi connectivity index (χ1v) is 7.39. The Labute approximate surface area is 115 Å². The lowest BCUT2D eigenvalue weighted by Crippen LogP contribution is -2.31. The van der Waals surface area contributed by atoms with Gasteiger partial charge in [-0.3, -0.25) is 0 Å². The summed E-state index contributed by atoms with van der Waals surface area (Å²) in [6.45, 7) is 10.5. The van der Waals surface area contributed by atoms with Crippen LogP contribution in [0.3, 0.4) is 0 Å². The SMILES string of the molecule is C=CCOc1ccccc1CNCC(C)(C)SC. The Balaban J connectivity index is 2.53. The molecule has 3 heteroatoms. The number of benzene rings is 1. The summed E-state index contributed by atoms with van der Waals surface area (Å²) in [5.41, 5.74) is 1.19. The smallest absolute Gasteiger partial charge is 0.124 e. The Morgan fingerprint density at radius 1 is 1.39 bits per heavy atom. The highest BCUT2D eigenvalue weighted by atomic mass is 32.2. The number of nitrogens with one attached hydrogen (secondary N) is 1. The first-order chi connectivity index (χ1) is 8.59. The van der Waals surface area contributed by atoms with Crippen molar-refractivity contribution in [3.05, 3.63) is 42.5 Å². The highest BCUT2D eigenvalue weighted by molar-refractivity contribution is 7.99. The molecule has 0 aliphatic rings. The maximum atomic E-state index is 5.63. The van der Waals surface area contributed by atoms with Crippen LogP contribution in [0.1, 0.15) is 19.4 Å². The Bertz CT molecular complexity index is 377. The van der Waals surface area contributed by atoms with Gasteiger partial charge in [0.05, 0.1) is 0 Å². The van der Waals surface area contributed by atoms with E-state index >= 15 is 0 Å². The van der Waals surface area contributed by atoms with E-state index in [9.17, 15) is 0 Å². The van der Waals surface area contributed by atoms with Crippen LogP contribution < -0.4 is 10.1 Å². The molecule has 1 N–H and O–H groups in total. The zero-order valence-corrected chi connectivity index (χ0v) is 12.3. The van der Waals surface area contributed by atoms with Crippen LogP contribution in [-0.2, 0) is 6.54 Å². The Kier molecular flexibility index (Phi) is 6.30. The van der Waals surface area contributed by atoms with E-state index in [0.717, 1.165) is 18.8 Å².